The fourth-order valence-corrected chi connectivity index (χ4v) is 1.88. The molecule has 0 saturated carbocycles. The highest BCUT2D eigenvalue weighted by atomic mass is 16.5. The molecule has 0 amide bonds. The minimum Gasteiger partial charge on any atom is -0.476 e. The molecule has 0 saturated heterocycles. The van der Waals surface area contributed by atoms with Gasteiger partial charge in [-0.05, 0) is 13.8 Å². The first-order chi connectivity index (χ1) is 9.38. The maximum atomic E-state index is 11.4. The van der Waals surface area contributed by atoms with E-state index in [0.717, 1.165) is 0 Å². The molecule has 6 heteroatoms. The second-order valence-electron chi connectivity index (χ2n) is 5.20. The van der Waals surface area contributed by atoms with Gasteiger partial charge in [-0.15, -0.1) is 0 Å². The van der Waals surface area contributed by atoms with Gasteiger partial charge in [-0.2, -0.15) is 0 Å². The third kappa shape index (κ3) is 3.90. The molecule has 1 aromatic heterocycles. The molecule has 1 aromatic rings. The fourth-order valence-electron chi connectivity index (χ4n) is 1.88. The molecule has 112 valence electrons. The third-order valence-electron chi connectivity index (χ3n) is 2.98. The Bertz CT molecular complexity index is 461. The average molecular weight is 281 g/mol. The molecule has 1 rings (SSSR count). The quantitative estimate of drug-likeness (QED) is 0.825. The highest BCUT2D eigenvalue weighted by Crippen LogP contribution is 2.22. The molecule has 0 bridgehead atoms. The van der Waals surface area contributed by atoms with E-state index in [1.165, 1.54) is 0 Å². The number of aromatic nitrogens is 2. The Morgan fingerprint density at radius 2 is 2.05 bits per heavy atom. The molecule has 0 aliphatic heterocycles. The Morgan fingerprint density at radius 3 is 2.50 bits per heavy atom. The summed E-state index contributed by atoms with van der Waals surface area (Å²) in [6.45, 7) is 8.98. The van der Waals surface area contributed by atoms with Gasteiger partial charge in [0, 0.05) is 25.6 Å². The van der Waals surface area contributed by atoms with Crippen LogP contribution in [0, 0.1) is 0 Å². The first kappa shape index (κ1) is 16.4. The molecule has 20 heavy (non-hydrogen) atoms. The van der Waals surface area contributed by atoms with Gasteiger partial charge in [-0.1, -0.05) is 13.8 Å². The Kier molecular flexibility index (Phi) is 5.88. The van der Waals surface area contributed by atoms with E-state index in [9.17, 15) is 9.90 Å². The van der Waals surface area contributed by atoms with Crippen molar-refractivity contribution in [2.45, 2.75) is 39.7 Å². The van der Waals surface area contributed by atoms with E-state index in [4.69, 9.17) is 4.74 Å². The van der Waals surface area contributed by atoms with E-state index in [0.29, 0.717) is 24.7 Å². The third-order valence-corrected chi connectivity index (χ3v) is 2.98. The van der Waals surface area contributed by atoms with Crippen molar-refractivity contribution in [1.82, 2.24) is 9.97 Å². The van der Waals surface area contributed by atoms with Crippen molar-refractivity contribution >= 4 is 11.7 Å². The molecule has 0 aliphatic rings. The SMILES string of the molecule is COCCN(c1cnc(C(C)C)nc1C(=O)O)C(C)C. The molecule has 0 aliphatic carbocycles. The number of carbonyl (C=O) groups is 1. The highest BCUT2D eigenvalue weighted by Gasteiger charge is 2.21. The molecule has 1 N–H and O–H groups in total. The molecule has 0 radical (unpaired) electrons. The number of aromatic carboxylic acids is 1. The zero-order valence-corrected chi connectivity index (χ0v) is 12.8. The van der Waals surface area contributed by atoms with Gasteiger partial charge in [0.2, 0.25) is 0 Å². The number of hydrogen-bond acceptors (Lipinski definition) is 5. The first-order valence-electron chi connectivity index (χ1n) is 6.74. The smallest absolute Gasteiger partial charge is 0.356 e. The van der Waals surface area contributed by atoms with Crippen LogP contribution in [-0.2, 0) is 4.74 Å². The minimum atomic E-state index is -1.03. The van der Waals surface area contributed by atoms with Crippen molar-refractivity contribution in [2.24, 2.45) is 0 Å². The number of hydrogen-bond donors (Lipinski definition) is 1. The lowest BCUT2D eigenvalue weighted by Crippen LogP contribution is -2.35. The summed E-state index contributed by atoms with van der Waals surface area (Å²) in [5.74, 6) is -0.400. The monoisotopic (exact) mass is 281 g/mol. The van der Waals surface area contributed by atoms with Gasteiger partial charge >= 0.3 is 5.97 Å². The maximum Gasteiger partial charge on any atom is 0.356 e. The van der Waals surface area contributed by atoms with Crippen molar-refractivity contribution in [3.63, 3.8) is 0 Å². The number of rotatable bonds is 7. The summed E-state index contributed by atoms with van der Waals surface area (Å²) in [6.07, 6.45) is 1.60. The summed E-state index contributed by atoms with van der Waals surface area (Å²) in [5.41, 5.74) is 0.586. The van der Waals surface area contributed by atoms with Gasteiger partial charge in [0.25, 0.3) is 0 Å². The van der Waals surface area contributed by atoms with E-state index in [-0.39, 0.29) is 17.7 Å². The summed E-state index contributed by atoms with van der Waals surface area (Å²) >= 11 is 0. The molecule has 6 nitrogen and oxygen atoms in total. The standard InChI is InChI=1S/C14H23N3O3/c1-9(2)13-15-8-11(12(16-13)14(18)19)17(10(3)4)6-7-20-5/h8-10H,6-7H2,1-5H3,(H,18,19). The number of anilines is 1. The van der Waals surface area contributed by atoms with Gasteiger partial charge in [-0.25, -0.2) is 14.8 Å². The van der Waals surface area contributed by atoms with Crippen LogP contribution < -0.4 is 4.90 Å². The minimum absolute atomic E-state index is 0.0495. The van der Waals surface area contributed by atoms with E-state index >= 15 is 0 Å². The van der Waals surface area contributed by atoms with Crippen LogP contribution in [0.15, 0.2) is 6.20 Å². The van der Waals surface area contributed by atoms with E-state index < -0.39 is 5.97 Å². The van der Waals surface area contributed by atoms with Crippen molar-refractivity contribution in [2.75, 3.05) is 25.2 Å². The Morgan fingerprint density at radius 1 is 1.40 bits per heavy atom. The molecular formula is C14H23N3O3. The fraction of sp³-hybridized carbons (Fsp3) is 0.643. The van der Waals surface area contributed by atoms with Crippen molar-refractivity contribution in [3.8, 4) is 0 Å². The summed E-state index contributed by atoms with van der Waals surface area (Å²) in [5, 5.41) is 9.38. The lowest BCUT2D eigenvalue weighted by Gasteiger charge is -2.29. The Labute approximate surface area is 119 Å². The van der Waals surface area contributed by atoms with Gasteiger partial charge in [0.1, 0.15) is 5.82 Å². The normalized spacial score (nSPS) is 11.2. The van der Waals surface area contributed by atoms with Crippen molar-refractivity contribution in [3.05, 3.63) is 17.7 Å². The highest BCUT2D eigenvalue weighted by molar-refractivity contribution is 5.92. The van der Waals surface area contributed by atoms with Gasteiger partial charge in [0.05, 0.1) is 18.5 Å². The molecule has 0 unspecified atom stereocenters. The molecule has 1 heterocycles. The van der Waals surface area contributed by atoms with Crippen LogP contribution >= 0.6 is 0 Å². The summed E-state index contributed by atoms with van der Waals surface area (Å²) in [6, 6.07) is 0.136. The van der Waals surface area contributed by atoms with Crippen LogP contribution in [0.5, 0.6) is 0 Å². The molecule has 0 fully saturated rings. The first-order valence-corrected chi connectivity index (χ1v) is 6.74. The Hall–Kier alpha value is -1.69. The van der Waals surface area contributed by atoms with Gasteiger partial charge in [-0.3, -0.25) is 0 Å². The van der Waals surface area contributed by atoms with Crippen LogP contribution in [0.1, 0.15) is 49.9 Å². The number of methoxy groups -OCH3 is 1. The number of carboxylic acid groups (broad SMARTS) is 1. The Balaban J connectivity index is 3.22. The second kappa shape index (κ2) is 7.19. The molecule has 0 spiro atoms. The lowest BCUT2D eigenvalue weighted by atomic mass is 10.2. The predicted octanol–water partition coefficient (Wildman–Crippen LogP) is 2.16. The largest absolute Gasteiger partial charge is 0.476 e. The topological polar surface area (TPSA) is 75.5 Å². The maximum absolute atomic E-state index is 11.4. The van der Waals surface area contributed by atoms with E-state index in [1.807, 2.05) is 32.6 Å². The van der Waals surface area contributed by atoms with Crippen LogP contribution in [0.4, 0.5) is 5.69 Å². The van der Waals surface area contributed by atoms with Crippen LogP contribution in [-0.4, -0.2) is 47.3 Å². The van der Waals surface area contributed by atoms with Crippen LogP contribution in [0.25, 0.3) is 0 Å². The predicted molar refractivity (Wildman–Crippen MR) is 77.4 cm³/mol. The van der Waals surface area contributed by atoms with Gasteiger partial charge in [0.15, 0.2) is 5.69 Å². The van der Waals surface area contributed by atoms with Crippen LogP contribution in [0.3, 0.4) is 0 Å². The number of ether oxygens (including phenoxy) is 1. The summed E-state index contributed by atoms with van der Waals surface area (Å²) in [7, 11) is 1.62. The summed E-state index contributed by atoms with van der Waals surface area (Å²) < 4.78 is 5.08. The van der Waals surface area contributed by atoms with Gasteiger partial charge < -0.3 is 14.7 Å². The zero-order chi connectivity index (χ0) is 15.3. The van der Waals surface area contributed by atoms with Crippen molar-refractivity contribution in [1.29, 1.82) is 0 Å². The lowest BCUT2D eigenvalue weighted by molar-refractivity contribution is 0.0690. The summed E-state index contributed by atoms with van der Waals surface area (Å²) in [4.78, 5) is 21.9. The van der Waals surface area contributed by atoms with Crippen LogP contribution in [0.2, 0.25) is 0 Å². The zero-order valence-electron chi connectivity index (χ0n) is 12.8. The van der Waals surface area contributed by atoms with E-state index in [2.05, 4.69) is 9.97 Å². The molecular weight excluding hydrogens is 258 g/mol. The second-order valence-corrected chi connectivity index (χ2v) is 5.20. The van der Waals surface area contributed by atoms with Crippen molar-refractivity contribution < 1.29 is 14.6 Å². The molecule has 0 atom stereocenters. The van der Waals surface area contributed by atoms with E-state index in [1.54, 1.807) is 13.3 Å². The average Bonchev–Trinajstić information content (AvgIpc) is 2.38. The number of carboxylic acids is 1. The molecule has 0 aromatic carbocycles. The number of nitrogens with zero attached hydrogens (tertiary/aromatic N) is 3.